The summed E-state index contributed by atoms with van der Waals surface area (Å²) in [7, 11) is -8.87. The first-order chi connectivity index (χ1) is 18.2. The van der Waals surface area contributed by atoms with Gasteiger partial charge < -0.3 is 19.9 Å². The van der Waals surface area contributed by atoms with Gasteiger partial charge in [-0.2, -0.15) is 17.8 Å². The third kappa shape index (κ3) is 7.06. The average molecular weight is 612 g/mol. The van der Waals surface area contributed by atoms with Gasteiger partial charge in [-0.25, -0.2) is 27.8 Å². The van der Waals surface area contributed by atoms with Crippen LogP contribution in [0.25, 0.3) is 10.9 Å². The number of fused-ring (bicyclic) bond motifs is 1. The zero-order valence-electron chi connectivity index (χ0n) is 21.3. The van der Waals surface area contributed by atoms with E-state index in [0.717, 1.165) is 18.3 Å². The van der Waals surface area contributed by atoms with E-state index in [9.17, 15) is 40.4 Å². The number of hydrogen-bond donors (Lipinski definition) is 5. The number of nitrogens with one attached hydrogen (secondary N) is 2. The molecule has 2 heterocycles. The van der Waals surface area contributed by atoms with Crippen LogP contribution in [0.5, 0.6) is 0 Å². The lowest BCUT2D eigenvalue weighted by molar-refractivity contribution is -0.266. The van der Waals surface area contributed by atoms with E-state index in [1.165, 1.54) is 38.4 Å². The molecule has 0 fully saturated rings. The summed E-state index contributed by atoms with van der Waals surface area (Å²) in [6.07, 6.45) is -6.10. The molecule has 17 heteroatoms. The van der Waals surface area contributed by atoms with Crippen molar-refractivity contribution < 1.29 is 54.9 Å². The SMILES string of the molecule is CCS(=O)(=O)c1cc2cc(C[C@](O)(CC(C)(C)c3ccc(F)cc3C(=O)NOP(=O)(O)O)C(F)(F)F)[nH]c2cn1. The number of alkyl halides is 3. The largest absolute Gasteiger partial charge is 0.491 e. The smallest absolute Gasteiger partial charge is 0.380 e. The molecular formula is C23H26F4N3O8PS. The number of carbonyl (C=O) groups excluding carboxylic acids is 1. The number of hydrogen-bond acceptors (Lipinski definition) is 7. The molecule has 0 saturated heterocycles. The van der Waals surface area contributed by atoms with Gasteiger partial charge >= 0.3 is 14.0 Å². The van der Waals surface area contributed by atoms with Gasteiger partial charge in [0.2, 0.25) is 0 Å². The Morgan fingerprint density at radius 3 is 2.40 bits per heavy atom. The Kier molecular flexibility index (Phi) is 8.57. The molecule has 1 amide bonds. The number of pyridine rings is 1. The summed E-state index contributed by atoms with van der Waals surface area (Å²) in [6.45, 7) is 3.93. The highest BCUT2D eigenvalue weighted by Gasteiger charge is 2.56. The van der Waals surface area contributed by atoms with E-state index in [1.54, 1.807) is 0 Å². The number of aromatic nitrogens is 2. The molecule has 0 saturated carbocycles. The van der Waals surface area contributed by atoms with Crippen molar-refractivity contribution in [2.45, 2.75) is 55.8 Å². The Hall–Kier alpha value is -2.88. The maximum absolute atomic E-state index is 14.3. The molecule has 11 nitrogen and oxygen atoms in total. The number of sulfone groups is 1. The normalized spacial score (nSPS) is 14.8. The standard InChI is InChI=1S/C23H26F4N3O8PS/c1-4-40(36,37)19-8-13-7-15(29-18(13)11-28-19)10-22(32,23(25,26)27)12-21(2,3)17-6-5-14(24)9-16(17)20(31)30-38-39(33,34)35/h5-9,11,29,32H,4,10,12H2,1-3H3,(H,30,31)(H2,33,34,35)/t22-/m0/s1. The molecule has 0 radical (unpaired) electrons. The van der Waals surface area contributed by atoms with Crippen LogP contribution in [0.4, 0.5) is 17.6 Å². The highest BCUT2D eigenvalue weighted by molar-refractivity contribution is 7.91. The van der Waals surface area contributed by atoms with Crippen LogP contribution in [0, 0.1) is 5.82 Å². The van der Waals surface area contributed by atoms with Crippen molar-refractivity contribution in [2.75, 3.05) is 5.75 Å². The minimum absolute atomic E-state index is 0.0920. The fraction of sp³-hybridized carbons (Fsp3) is 0.391. The molecule has 5 N–H and O–H groups in total. The predicted octanol–water partition coefficient (Wildman–Crippen LogP) is 3.45. The lowest BCUT2D eigenvalue weighted by Gasteiger charge is -2.38. The van der Waals surface area contributed by atoms with Crippen LogP contribution in [-0.4, -0.2) is 56.7 Å². The van der Waals surface area contributed by atoms with Gasteiger partial charge in [0.1, 0.15) is 5.82 Å². The lowest BCUT2D eigenvalue weighted by atomic mass is 9.72. The van der Waals surface area contributed by atoms with Crippen LogP contribution in [-0.2, 0) is 30.9 Å². The number of halogens is 4. The number of rotatable bonds is 10. The highest BCUT2D eigenvalue weighted by Crippen LogP contribution is 2.44. The van der Waals surface area contributed by atoms with Crippen LogP contribution in [0.2, 0.25) is 0 Å². The van der Waals surface area contributed by atoms with E-state index in [-0.39, 0.29) is 32.9 Å². The Morgan fingerprint density at radius 2 is 1.82 bits per heavy atom. The summed E-state index contributed by atoms with van der Waals surface area (Å²) in [6, 6.07) is 4.99. The maximum atomic E-state index is 14.3. The van der Waals surface area contributed by atoms with Crippen molar-refractivity contribution in [1.82, 2.24) is 15.4 Å². The van der Waals surface area contributed by atoms with Crippen LogP contribution in [0.15, 0.2) is 41.6 Å². The van der Waals surface area contributed by atoms with Crippen molar-refractivity contribution in [1.29, 1.82) is 0 Å². The first-order valence-electron chi connectivity index (χ1n) is 11.5. The minimum Gasteiger partial charge on any atom is -0.380 e. The number of benzene rings is 1. The number of nitrogens with zero attached hydrogens (tertiary/aromatic N) is 1. The highest BCUT2D eigenvalue weighted by atomic mass is 32.2. The monoisotopic (exact) mass is 611 g/mol. The number of H-pyrrole nitrogens is 1. The second-order valence-electron chi connectivity index (χ2n) is 9.78. The Labute approximate surface area is 225 Å². The molecule has 1 atom stereocenters. The quantitative estimate of drug-likeness (QED) is 0.130. The van der Waals surface area contributed by atoms with Crippen LogP contribution >= 0.6 is 7.82 Å². The second kappa shape index (κ2) is 10.8. The third-order valence-electron chi connectivity index (χ3n) is 6.19. The fourth-order valence-electron chi connectivity index (χ4n) is 4.34. The molecule has 0 unspecified atom stereocenters. The predicted molar refractivity (Wildman–Crippen MR) is 133 cm³/mol. The van der Waals surface area contributed by atoms with Gasteiger partial charge in [-0.15, -0.1) is 0 Å². The number of aliphatic hydroxyl groups is 1. The summed E-state index contributed by atoms with van der Waals surface area (Å²) in [4.78, 5) is 36.6. The van der Waals surface area contributed by atoms with E-state index in [0.29, 0.717) is 6.07 Å². The number of aromatic amines is 1. The zero-order valence-corrected chi connectivity index (χ0v) is 23.0. The number of carbonyl (C=O) groups is 1. The average Bonchev–Trinajstić information content (AvgIpc) is 3.21. The Morgan fingerprint density at radius 1 is 1.18 bits per heavy atom. The topological polar surface area (TPSA) is 179 Å². The van der Waals surface area contributed by atoms with Crippen molar-refractivity contribution in [3.05, 3.63) is 59.2 Å². The Balaban J connectivity index is 1.99. The molecule has 0 bridgehead atoms. The first-order valence-corrected chi connectivity index (χ1v) is 14.7. The number of amides is 1. The van der Waals surface area contributed by atoms with Gasteiger partial charge in [-0.3, -0.25) is 4.79 Å². The summed E-state index contributed by atoms with van der Waals surface area (Å²) >= 11 is 0. The minimum atomic E-state index is -5.21. The van der Waals surface area contributed by atoms with Gasteiger partial charge in [0.15, 0.2) is 20.5 Å². The van der Waals surface area contributed by atoms with Gasteiger partial charge in [0, 0.05) is 23.1 Å². The second-order valence-corrected chi connectivity index (χ2v) is 13.2. The zero-order chi connectivity index (χ0) is 30.3. The summed E-state index contributed by atoms with van der Waals surface area (Å²) < 4.78 is 96.1. The van der Waals surface area contributed by atoms with Crippen molar-refractivity contribution in [3.8, 4) is 0 Å². The molecule has 0 aliphatic heterocycles. The van der Waals surface area contributed by atoms with Crippen LogP contribution in [0.3, 0.4) is 0 Å². The lowest BCUT2D eigenvalue weighted by Crippen LogP contribution is -2.51. The molecule has 220 valence electrons. The summed E-state index contributed by atoms with van der Waals surface area (Å²) in [5.74, 6) is -2.55. The fourth-order valence-corrected chi connectivity index (χ4v) is 5.36. The van der Waals surface area contributed by atoms with E-state index < -0.39 is 65.0 Å². The third-order valence-corrected chi connectivity index (χ3v) is 8.14. The molecule has 40 heavy (non-hydrogen) atoms. The number of phosphoric acid groups is 1. The molecular weight excluding hydrogens is 585 g/mol. The van der Waals surface area contributed by atoms with Gasteiger partial charge in [0.25, 0.3) is 5.91 Å². The van der Waals surface area contributed by atoms with Crippen LogP contribution < -0.4 is 5.48 Å². The van der Waals surface area contributed by atoms with E-state index in [4.69, 9.17) is 9.79 Å². The van der Waals surface area contributed by atoms with Crippen molar-refractivity contribution >= 4 is 34.5 Å². The molecule has 0 spiro atoms. The van der Waals surface area contributed by atoms with E-state index >= 15 is 0 Å². The van der Waals surface area contributed by atoms with Crippen LogP contribution in [0.1, 0.15) is 48.8 Å². The van der Waals surface area contributed by atoms with E-state index in [1.807, 2.05) is 0 Å². The Bertz CT molecular complexity index is 1590. The molecule has 2 aromatic heterocycles. The molecule has 1 aromatic carbocycles. The van der Waals surface area contributed by atoms with Gasteiger partial charge in [-0.1, -0.05) is 26.8 Å². The van der Waals surface area contributed by atoms with Gasteiger partial charge in [0.05, 0.1) is 17.5 Å². The molecule has 0 aliphatic rings. The van der Waals surface area contributed by atoms with Crippen molar-refractivity contribution in [3.63, 3.8) is 0 Å². The molecule has 3 rings (SSSR count). The first kappa shape index (κ1) is 31.6. The number of hydroxylamine groups is 1. The van der Waals surface area contributed by atoms with Gasteiger partial charge in [-0.05, 0) is 41.7 Å². The molecule has 3 aromatic rings. The van der Waals surface area contributed by atoms with E-state index in [2.05, 4.69) is 14.6 Å². The maximum Gasteiger partial charge on any atom is 0.491 e. The molecule has 0 aliphatic carbocycles. The summed E-state index contributed by atoms with van der Waals surface area (Å²) in [5, 5.41) is 11.0. The van der Waals surface area contributed by atoms with Crippen molar-refractivity contribution in [2.24, 2.45) is 0 Å². The summed E-state index contributed by atoms with van der Waals surface area (Å²) in [5.41, 5.74) is -4.27.